The van der Waals surface area contributed by atoms with Gasteiger partial charge in [0.25, 0.3) is 0 Å². The zero-order valence-corrected chi connectivity index (χ0v) is 11.6. The van der Waals surface area contributed by atoms with Crippen LogP contribution in [0.15, 0.2) is 24.3 Å². The van der Waals surface area contributed by atoms with Crippen LogP contribution in [0.25, 0.3) is 0 Å². The third-order valence-corrected chi connectivity index (χ3v) is 3.86. The van der Waals surface area contributed by atoms with E-state index in [-0.39, 0.29) is 5.97 Å². The summed E-state index contributed by atoms with van der Waals surface area (Å²) in [7, 11) is 0. The van der Waals surface area contributed by atoms with E-state index in [9.17, 15) is 4.79 Å². The summed E-state index contributed by atoms with van der Waals surface area (Å²) in [6.07, 6.45) is 0.588. The molecule has 0 N–H and O–H groups in total. The molecule has 0 bridgehead atoms. The van der Waals surface area contributed by atoms with E-state index in [1.165, 1.54) is 0 Å². The van der Waals surface area contributed by atoms with Gasteiger partial charge in [0, 0.05) is 5.02 Å². The topological polar surface area (TPSA) is 38.8 Å². The summed E-state index contributed by atoms with van der Waals surface area (Å²) in [5, 5.41) is 0.668. The molecule has 18 heavy (non-hydrogen) atoms. The minimum Gasteiger partial charge on any atom is -0.464 e. The van der Waals surface area contributed by atoms with E-state index in [2.05, 4.69) is 0 Å². The van der Waals surface area contributed by atoms with Gasteiger partial charge in [-0.1, -0.05) is 30.7 Å². The first kappa shape index (κ1) is 13.4. The van der Waals surface area contributed by atoms with Crippen LogP contribution in [-0.2, 0) is 19.9 Å². The van der Waals surface area contributed by atoms with Crippen molar-refractivity contribution >= 4 is 17.6 Å². The first-order valence-electron chi connectivity index (χ1n) is 6.13. The minimum absolute atomic E-state index is 0.287. The molecule has 0 radical (unpaired) electrons. The number of esters is 1. The number of rotatable bonds is 4. The number of epoxide rings is 1. The minimum atomic E-state index is -0.850. The van der Waals surface area contributed by atoms with Crippen molar-refractivity contribution in [1.82, 2.24) is 0 Å². The second-order valence-corrected chi connectivity index (χ2v) is 4.98. The lowest BCUT2D eigenvalue weighted by Gasteiger charge is -2.14. The van der Waals surface area contributed by atoms with Crippen LogP contribution in [0, 0.1) is 0 Å². The Morgan fingerprint density at radius 2 is 1.94 bits per heavy atom. The Morgan fingerprint density at radius 3 is 2.44 bits per heavy atom. The summed E-state index contributed by atoms with van der Waals surface area (Å²) < 4.78 is 10.9. The molecule has 0 spiro atoms. The van der Waals surface area contributed by atoms with Crippen LogP contribution in [0.4, 0.5) is 0 Å². The average Bonchev–Trinajstić information content (AvgIpc) is 2.99. The van der Waals surface area contributed by atoms with E-state index >= 15 is 0 Å². The fourth-order valence-electron chi connectivity index (χ4n) is 2.42. The molecule has 4 heteroatoms. The van der Waals surface area contributed by atoms with Crippen molar-refractivity contribution in [3.8, 4) is 0 Å². The van der Waals surface area contributed by atoms with Crippen molar-refractivity contribution in [2.45, 2.75) is 38.4 Å². The van der Waals surface area contributed by atoms with Gasteiger partial charge >= 0.3 is 5.97 Å². The Bertz CT molecular complexity index is 457. The van der Waals surface area contributed by atoms with E-state index in [4.69, 9.17) is 21.1 Å². The van der Waals surface area contributed by atoms with Crippen LogP contribution in [0.2, 0.25) is 5.02 Å². The Kier molecular flexibility index (Phi) is 3.39. The Balaban J connectivity index is 2.29. The molecule has 1 saturated heterocycles. The Hall–Kier alpha value is -1.06. The van der Waals surface area contributed by atoms with E-state index in [1.54, 1.807) is 19.1 Å². The van der Waals surface area contributed by atoms with Crippen LogP contribution in [0.5, 0.6) is 0 Å². The van der Waals surface area contributed by atoms with E-state index in [1.807, 2.05) is 26.0 Å². The molecule has 1 aromatic carbocycles. The fourth-order valence-corrected chi connectivity index (χ4v) is 2.55. The average molecular weight is 269 g/mol. The molecule has 0 aromatic heterocycles. The maximum absolute atomic E-state index is 12.0. The zero-order valence-electron chi connectivity index (χ0n) is 10.8. The molecule has 2 rings (SSSR count). The molecule has 1 aliphatic heterocycles. The molecular weight excluding hydrogens is 252 g/mol. The van der Waals surface area contributed by atoms with Crippen LogP contribution >= 0.6 is 11.6 Å². The molecule has 0 aliphatic carbocycles. The highest BCUT2D eigenvalue weighted by Crippen LogP contribution is 2.58. The maximum Gasteiger partial charge on any atom is 0.341 e. The molecule has 0 saturated carbocycles. The lowest BCUT2D eigenvalue weighted by atomic mass is 9.86. The number of hydrogen-bond acceptors (Lipinski definition) is 3. The summed E-state index contributed by atoms with van der Waals surface area (Å²) in [6.45, 7) is 6.00. The van der Waals surface area contributed by atoms with Crippen molar-refractivity contribution < 1.29 is 14.3 Å². The van der Waals surface area contributed by atoms with Gasteiger partial charge in [-0.05, 0) is 38.0 Å². The number of carbonyl (C=O) groups is 1. The van der Waals surface area contributed by atoms with Gasteiger partial charge in [-0.2, -0.15) is 0 Å². The van der Waals surface area contributed by atoms with Gasteiger partial charge in [-0.15, -0.1) is 0 Å². The van der Waals surface area contributed by atoms with E-state index in [0.717, 1.165) is 5.56 Å². The second kappa shape index (κ2) is 4.56. The van der Waals surface area contributed by atoms with Gasteiger partial charge in [0.15, 0.2) is 5.60 Å². The van der Waals surface area contributed by atoms with Crippen molar-refractivity contribution in [3.63, 3.8) is 0 Å². The molecule has 3 nitrogen and oxygen atoms in total. The Labute approximate surface area is 112 Å². The molecule has 2 unspecified atom stereocenters. The fraction of sp³-hybridized carbons (Fsp3) is 0.500. The highest BCUT2D eigenvalue weighted by atomic mass is 35.5. The summed E-state index contributed by atoms with van der Waals surface area (Å²) >= 11 is 5.87. The first-order valence-corrected chi connectivity index (χ1v) is 6.51. The van der Waals surface area contributed by atoms with Gasteiger partial charge in [0.05, 0.1) is 6.61 Å². The lowest BCUT2D eigenvalue weighted by molar-refractivity contribution is -0.149. The number of benzene rings is 1. The molecule has 1 fully saturated rings. The van der Waals surface area contributed by atoms with Crippen LogP contribution < -0.4 is 0 Å². The van der Waals surface area contributed by atoms with Crippen molar-refractivity contribution in [1.29, 1.82) is 0 Å². The molecule has 2 atom stereocenters. The number of halogens is 1. The third-order valence-electron chi connectivity index (χ3n) is 3.61. The predicted octanol–water partition coefficient (Wildman–Crippen LogP) is 3.30. The SMILES string of the molecule is CCOC(=O)C1(CC)OC1(C)c1ccc(Cl)cc1. The van der Waals surface area contributed by atoms with Crippen LogP contribution in [0.1, 0.15) is 32.8 Å². The van der Waals surface area contributed by atoms with E-state index < -0.39 is 11.2 Å². The van der Waals surface area contributed by atoms with Gasteiger partial charge in [0.1, 0.15) is 5.60 Å². The van der Waals surface area contributed by atoms with Gasteiger partial charge < -0.3 is 9.47 Å². The van der Waals surface area contributed by atoms with Crippen LogP contribution in [-0.4, -0.2) is 18.2 Å². The normalized spacial score (nSPS) is 30.0. The molecular formula is C14H17ClO3. The third kappa shape index (κ3) is 1.82. The Morgan fingerprint density at radius 1 is 1.33 bits per heavy atom. The van der Waals surface area contributed by atoms with E-state index in [0.29, 0.717) is 18.1 Å². The summed E-state index contributed by atoms with van der Waals surface area (Å²) in [5.41, 5.74) is -0.517. The van der Waals surface area contributed by atoms with Crippen molar-refractivity contribution in [3.05, 3.63) is 34.9 Å². The number of ether oxygens (including phenoxy) is 2. The van der Waals surface area contributed by atoms with Crippen molar-refractivity contribution in [2.75, 3.05) is 6.61 Å². The largest absolute Gasteiger partial charge is 0.464 e. The smallest absolute Gasteiger partial charge is 0.341 e. The van der Waals surface area contributed by atoms with Gasteiger partial charge in [0.2, 0.25) is 0 Å². The predicted molar refractivity (Wildman–Crippen MR) is 69.5 cm³/mol. The molecule has 1 aromatic rings. The molecule has 0 amide bonds. The monoisotopic (exact) mass is 268 g/mol. The maximum atomic E-state index is 12.0. The highest BCUT2D eigenvalue weighted by Gasteiger charge is 2.72. The summed E-state index contributed by atoms with van der Waals surface area (Å²) in [4.78, 5) is 12.0. The first-order chi connectivity index (χ1) is 8.50. The number of hydrogen-bond donors (Lipinski definition) is 0. The molecule has 98 valence electrons. The quantitative estimate of drug-likeness (QED) is 0.621. The second-order valence-electron chi connectivity index (χ2n) is 4.54. The van der Waals surface area contributed by atoms with Gasteiger partial charge in [-0.25, -0.2) is 4.79 Å². The van der Waals surface area contributed by atoms with Crippen LogP contribution in [0.3, 0.4) is 0 Å². The summed E-state index contributed by atoms with van der Waals surface area (Å²) in [5.74, 6) is -0.287. The highest BCUT2D eigenvalue weighted by molar-refractivity contribution is 6.30. The molecule has 1 heterocycles. The number of carbonyl (C=O) groups excluding carboxylic acids is 1. The summed E-state index contributed by atoms with van der Waals surface area (Å²) in [6, 6.07) is 7.38. The molecule has 1 aliphatic rings. The van der Waals surface area contributed by atoms with Crippen molar-refractivity contribution in [2.24, 2.45) is 0 Å². The standard InChI is InChI=1S/C14H17ClO3/c1-4-14(12(16)17-5-2)13(3,18-14)10-6-8-11(15)9-7-10/h6-9H,4-5H2,1-3H3. The lowest BCUT2D eigenvalue weighted by Crippen LogP contribution is -2.32. The van der Waals surface area contributed by atoms with Gasteiger partial charge in [-0.3, -0.25) is 0 Å². The zero-order chi connectivity index (χ0) is 13.4.